The minimum Gasteiger partial charge on any atom is -0.387 e. The SMILES string of the molecule is N#CC1CCCCN1CC(O)c1ccccc1. The molecule has 0 spiro atoms. The smallest absolute Gasteiger partial charge is 0.0978 e. The molecule has 3 nitrogen and oxygen atoms in total. The Kier molecular flexibility index (Phi) is 4.13. The fourth-order valence-corrected chi connectivity index (χ4v) is 2.36. The zero-order valence-electron chi connectivity index (χ0n) is 9.92. The van der Waals surface area contributed by atoms with E-state index in [1.165, 1.54) is 0 Å². The van der Waals surface area contributed by atoms with Crippen molar-refractivity contribution in [3.8, 4) is 6.07 Å². The number of β-amino-alcohol motifs (C(OH)–C–C–N with tert-alkyl or cyclic N) is 1. The molecule has 1 N–H and O–H groups in total. The third kappa shape index (κ3) is 3.06. The Morgan fingerprint density at radius 3 is 2.82 bits per heavy atom. The van der Waals surface area contributed by atoms with Crippen molar-refractivity contribution in [3.05, 3.63) is 35.9 Å². The van der Waals surface area contributed by atoms with Gasteiger partial charge in [0.25, 0.3) is 0 Å². The van der Waals surface area contributed by atoms with E-state index in [1.807, 2.05) is 30.3 Å². The molecule has 0 radical (unpaired) electrons. The summed E-state index contributed by atoms with van der Waals surface area (Å²) in [6.45, 7) is 1.48. The molecule has 2 atom stereocenters. The summed E-state index contributed by atoms with van der Waals surface area (Å²) in [5, 5.41) is 19.2. The lowest BCUT2D eigenvalue weighted by Gasteiger charge is -2.32. The summed E-state index contributed by atoms with van der Waals surface area (Å²) < 4.78 is 0. The van der Waals surface area contributed by atoms with Crippen LogP contribution in [0.5, 0.6) is 0 Å². The molecule has 0 aromatic heterocycles. The predicted molar refractivity (Wildman–Crippen MR) is 66.2 cm³/mol. The summed E-state index contributed by atoms with van der Waals surface area (Å²) in [5.74, 6) is 0. The largest absolute Gasteiger partial charge is 0.387 e. The van der Waals surface area contributed by atoms with E-state index in [0.29, 0.717) is 6.54 Å². The molecular formula is C14H18N2O. The van der Waals surface area contributed by atoms with Crippen LogP contribution in [0.25, 0.3) is 0 Å². The van der Waals surface area contributed by atoms with Crippen LogP contribution in [0, 0.1) is 11.3 Å². The third-order valence-electron chi connectivity index (χ3n) is 3.35. The van der Waals surface area contributed by atoms with Crippen LogP contribution >= 0.6 is 0 Å². The zero-order valence-corrected chi connectivity index (χ0v) is 9.92. The average Bonchev–Trinajstić information content (AvgIpc) is 2.40. The van der Waals surface area contributed by atoms with Gasteiger partial charge in [0.1, 0.15) is 0 Å². The first-order valence-electron chi connectivity index (χ1n) is 6.18. The molecule has 1 saturated heterocycles. The molecule has 17 heavy (non-hydrogen) atoms. The van der Waals surface area contributed by atoms with Crippen LogP contribution < -0.4 is 0 Å². The topological polar surface area (TPSA) is 47.3 Å². The van der Waals surface area contributed by atoms with E-state index < -0.39 is 6.10 Å². The maximum atomic E-state index is 10.1. The van der Waals surface area contributed by atoms with Gasteiger partial charge in [0.2, 0.25) is 0 Å². The van der Waals surface area contributed by atoms with Crippen LogP contribution in [0.15, 0.2) is 30.3 Å². The molecule has 1 aromatic rings. The van der Waals surface area contributed by atoms with E-state index in [9.17, 15) is 5.11 Å². The fraction of sp³-hybridized carbons (Fsp3) is 0.500. The van der Waals surface area contributed by atoms with Crippen LogP contribution in [-0.2, 0) is 0 Å². The Bertz CT molecular complexity index is 385. The second kappa shape index (κ2) is 5.81. The van der Waals surface area contributed by atoms with Gasteiger partial charge in [-0.15, -0.1) is 0 Å². The monoisotopic (exact) mass is 230 g/mol. The van der Waals surface area contributed by atoms with E-state index in [-0.39, 0.29) is 6.04 Å². The Morgan fingerprint density at radius 2 is 2.12 bits per heavy atom. The molecule has 2 rings (SSSR count). The third-order valence-corrected chi connectivity index (χ3v) is 3.35. The van der Waals surface area contributed by atoms with Crippen molar-refractivity contribution in [2.75, 3.05) is 13.1 Å². The van der Waals surface area contributed by atoms with Gasteiger partial charge in [-0.1, -0.05) is 30.3 Å². The van der Waals surface area contributed by atoms with Crippen LogP contribution in [0.3, 0.4) is 0 Å². The molecule has 1 aliphatic heterocycles. The van der Waals surface area contributed by atoms with Crippen LogP contribution in [0.1, 0.15) is 30.9 Å². The van der Waals surface area contributed by atoms with Gasteiger partial charge < -0.3 is 5.11 Å². The van der Waals surface area contributed by atoms with E-state index >= 15 is 0 Å². The summed E-state index contributed by atoms with van der Waals surface area (Å²) >= 11 is 0. The number of nitrogens with zero attached hydrogens (tertiary/aromatic N) is 2. The van der Waals surface area contributed by atoms with Crippen LogP contribution in [0.4, 0.5) is 0 Å². The first kappa shape index (κ1) is 12.1. The molecule has 3 heteroatoms. The normalized spacial score (nSPS) is 22.9. The minimum atomic E-state index is -0.495. The lowest BCUT2D eigenvalue weighted by atomic mass is 10.0. The molecule has 1 fully saturated rings. The van der Waals surface area contributed by atoms with E-state index in [1.54, 1.807) is 0 Å². The fourth-order valence-electron chi connectivity index (χ4n) is 2.36. The standard InChI is InChI=1S/C14H18N2O/c15-10-13-8-4-5-9-16(13)11-14(17)12-6-2-1-3-7-12/h1-3,6-7,13-14,17H,4-5,8-9,11H2. The Morgan fingerprint density at radius 1 is 1.35 bits per heavy atom. The highest BCUT2D eigenvalue weighted by Crippen LogP contribution is 2.21. The molecule has 0 saturated carbocycles. The maximum Gasteiger partial charge on any atom is 0.0978 e. The van der Waals surface area contributed by atoms with Crippen molar-refractivity contribution < 1.29 is 5.11 Å². The molecule has 1 heterocycles. The minimum absolute atomic E-state index is 0.0258. The van der Waals surface area contributed by atoms with Gasteiger partial charge in [0.05, 0.1) is 18.2 Å². The number of aliphatic hydroxyl groups is 1. The number of nitriles is 1. The van der Waals surface area contributed by atoms with Crippen molar-refractivity contribution in [1.82, 2.24) is 4.90 Å². The highest BCUT2D eigenvalue weighted by atomic mass is 16.3. The highest BCUT2D eigenvalue weighted by molar-refractivity contribution is 5.17. The molecule has 90 valence electrons. The predicted octanol–water partition coefficient (Wildman–Crippen LogP) is 2.10. The summed E-state index contributed by atoms with van der Waals surface area (Å²) in [6.07, 6.45) is 2.68. The van der Waals surface area contributed by atoms with Gasteiger partial charge in [-0.25, -0.2) is 0 Å². The van der Waals surface area contributed by atoms with Gasteiger partial charge in [0, 0.05) is 6.54 Å². The average molecular weight is 230 g/mol. The molecule has 1 aromatic carbocycles. The van der Waals surface area contributed by atoms with Crippen LogP contribution in [0.2, 0.25) is 0 Å². The summed E-state index contributed by atoms with van der Waals surface area (Å²) in [6, 6.07) is 11.9. The van der Waals surface area contributed by atoms with Gasteiger partial charge in [-0.05, 0) is 31.4 Å². The number of rotatable bonds is 3. The molecule has 0 aliphatic carbocycles. The second-order valence-corrected chi connectivity index (χ2v) is 4.56. The Balaban J connectivity index is 1.98. The maximum absolute atomic E-state index is 10.1. The van der Waals surface area contributed by atoms with Crippen molar-refractivity contribution in [1.29, 1.82) is 5.26 Å². The van der Waals surface area contributed by atoms with Crippen LogP contribution in [-0.4, -0.2) is 29.1 Å². The Labute approximate surface area is 102 Å². The van der Waals surface area contributed by atoms with E-state index in [4.69, 9.17) is 5.26 Å². The van der Waals surface area contributed by atoms with E-state index in [2.05, 4.69) is 11.0 Å². The number of hydrogen-bond donors (Lipinski definition) is 1. The van der Waals surface area contributed by atoms with Crippen molar-refractivity contribution in [2.45, 2.75) is 31.4 Å². The first-order chi connectivity index (χ1) is 8.31. The van der Waals surface area contributed by atoms with Gasteiger partial charge in [-0.2, -0.15) is 5.26 Å². The first-order valence-corrected chi connectivity index (χ1v) is 6.18. The van der Waals surface area contributed by atoms with Crippen molar-refractivity contribution in [2.24, 2.45) is 0 Å². The highest BCUT2D eigenvalue weighted by Gasteiger charge is 2.24. The van der Waals surface area contributed by atoms with Crippen molar-refractivity contribution in [3.63, 3.8) is 0 Å². The molecule has 2 unspecified atom stereocenters. The van der Waals surface area contributed by atoms with Gasteiger partial charge >= 0.3 is 0 Å². The van der Waals surface area contributed by atoms with Crippen molar-refractivity contribution >= 4 is 0 Å². The number of benzene rings is 1. The quantitative estimate of drug-likeness (QED) is 0.865. The number of piperidine rings is 1. The Hall–Kier alpha value is -1.37. The number of aliphatic hydroxyl groups excluding tert-OH is 1. The second-order valence-electron chi connectivity index (χ2n) is 4.56. The molecule has 0 bridgehead atoms. The van der Waals surface area contributed by atoms with Gasteiger partial charge in [-0.3, -0.25) is 4.90 Å². The van der Waals surface area contributed by atoms with Gasteiger partial charge in [0.15, 0.2) is 0 Å². The molecular weight excluding hydrogens is 212 g/mol. The zero-order chi connectivity index (χ0) is 12.1. The summed E-state index contributed by atoms with van der Waals surface area (Å²) in [5.41, 5.74) is 0.926. The summed E-state index contributed by atoms with van der Waals surface area (Å²) in [4.78, 5) is 2.10. The molecule has 1 aliphatic rings. The summed E-state index contributed by atoms with van der Waals surface area (Å²) in [7, 11) is 0. The number of hydrogen-bond acceptors (Lipinski definition) is 3. The lowest BCUT2D eigenvalue weighted by molar-refractivity contribution is 0.0840. The van der Waals surface area contributed by atoms with E-state index in [0.717, 1.165) is 31.4 Å². The lowest BCUT2D eigenvalue weighted by Crippen LogP contribution is -2.41. The molecule has 0 amide bonds. The number of likely N-dealkylation sites (tertiary alicyclic amines) is 1.